The SMILES string of the molecule is COc1ccc(Cl)cc1C(=NC#N)N=c1sc(C)cn1C[C@H]1CCCO1. The zero-order valence-electron chi connectivity index (χ0n) is 14.6. The molecule has 0 bridgehead atoms. The topological polar surface area (TPSA) is 71.9 Å². The molecule has 0 unspecified atom stereocenters. The van der Waals surface area contributed by atoms with Crippen molar-refractivity contribution in [3.63, 3.8) is 0 Å². The van der Waals surface area contributed by atoms with Crippen molar-refractivity contribution in [1.82, 2.24) is 4.57 Å². The fourth-order valence-corrected chi connectivity index (χ4v) is 3.88. The molecule has 1 aromatic carbocycles. The van der Waals surface area contributed by atoms with Crippen molar-refractivity contribution in [3.8, 4) is 11.9 Å². The van der Waals surface area contributed by atoms with Gasteiger partial charge in [0.1, 0.15) is 5.75 Å². The molecule has 1 aromatic heterocycles. The minimum atomic E-state index is 0.194. The van der Waals surface area contributed by atoms with Crippen LogP contribution in [0.25, 0.3) is 0 Å². The number of aryl methyl sites for hydroxylation is 1. The molecule has 0 amide bonds. The highest BCUT2D eigenvalue weighted by Gasteiger charge is 2.17. The van der Waals surface area contributed by atoms with Crippen molar-refractivity contribution in [2.45, 2.75) is 32.4 Å². The van der Waals surface area contributed by atoms with E-state index in [0.717, 1.165) is 35.7 Å². The van der Waals surface area contributed by atoms with Gasteiger partial charge < -0.3 is 14.0 Å². The monoisotopic (exact) mass is 390 g/mol. The van der Waals surface area contributed by atoms with Crippen LogP contribution in [0.4, 0.5) is 0 Å². The summed E-state index contributed by atoms with van der Waals surface area (Å²) in [6.45, 7) is 3.56. The van der Waals surface area contributed by atoms with Crippen LogP contribution in [0.3, 0.4) is 0 Å². The number of nitriles is 1. The molecule has 136 valence electrons. The maximum atomic E-state index is 9.12. The summed E-state index contributed by atoms with van der Waals surface area (Å²) >= 11 is 7.66. The Morgan fingerprint density at radius 1 is 1.54 bits per heavy atom. The first-order valence-electron chi connectivity index (χ1n) is 8.24. The Hall–Kier alpha value is -2.14. The number of amidine groups is 1. The number of benzene rings is 1. The van der Waals surface area contributed by atoms with E-state index in [-0.39, 0.29) is 11.9 Å². The molecule has 1 aliphatic heterocycles. The number of ether oxygens (including phenoxy) is 2. The standard InChI is InChI=1S/C18H19ClN4O2S/c1-12-9-23(10-14-4-3-7-25-14)18(26-12)22-17(21-11-20)15-8-13(19)5-6-16(15)24-2/h5-6,8-9,14H,3-4,7,10H2,1-2H3/t14-/m1/s1. The molecule has 2 heterocycles. The summed E-state index contributed by atoms with van der Waals surface area (Å²) in [4.78, 5) is 10.4. The first-order valence-corrected chi connectivity index (χ1v) is 9.44. The molecule has 2 aromatic rings. The van der Waals surface area contributed by atoms with E-state index in [1.165, 1.54) is 0 Å². The summed E-state index contributed by atoms with van der Waals surface area (Å²) in [5.41, 5.74) is 0.580. The normalized spacial score (nSPS) is 18.2. The summed E-state index contributed by atoms with van der Waals surface area (Å²) in [6.07, 6.45) is 6.19. The van der Waals surface area contributed by atoms with Gasteiger partial charge in [-0.1, -0.05) is 11.6 Å². The highest BCUT2D eigenvalue weighted by molar-refractivity contribution is 7.09. The second-order valence-corrected chi connectivity index (χ2v) is 7.55. The molecule has 0 spiro atoms. The van der Waals surface area contributed by atoms with Gasteiger partial charge in [-0.25, -0.2) is 0 Å². The van der Waals surface area contributed by atoms with Gasteiger partial charge in [-0.15, -0.1) is 11.3 Å². The van der Waals surface area contributed by atoms with Crippen LogP contribution in [0.5, 0.6) is 5.75 Å². The van der Waals surface area contributed by atoms with Gasteiger partial charge in [-0.05, 0) is 38.0 Å². The third kappa shape index (κ3) is 4.33. The lowest BCUT2D eigenvalue weighted by Gasteiger charge is -2.10. The molecule has 0 aliphatic carbocycles. The molecule has 1 saturated heterocycles. The highest BCUT2D eigenvalue weighted by atomic mass is 35.5. The third-order valence-electron chi connectivity index (χ3n) is 4.02. The molecular formula is C18H19ClN4O2S. The zero-order chi connectivity index (χ0) is 18.5. The fraction of sp³-hybridized carbons (Fsp3) is 0.389. The molecular weight excluding hydrogens is 372 g/mol. The molecule has 8 heteroatoms. The lowest BCUT2D eigenvalue weighted by atomic mass is 10.2. The lowest BCUT2D eigenvalue weighted by Crippen LogP contribution is -2.23. The molecule has 1 atom stereocenters. The van der Waals surface area contributed by atoms with Gasteiger partial charge in [-0.3, -0.25) is 0 Å². The van der Waals surface area contributed by atoms with Crippen molar-refractivity contribution in [2.24, 2.45) is 9.98 Å². The Balaban J connectivity index is 2.05. The number of rotatable bonds is 4. The molecule has 0 N–H and O–H groups in total. The van der Waals surface area contributed by atoms with Gasteiger partial charge in [0.15, 0.2) is 10.6 Å². The predicted octanol–water partition coefficient (Wildman–Crippen LogP) is 3.53. The number of aliphatic imine (C=N–C) groups is 1. The molecule has 0 saturated carbocycles. The van der Waals surface area contributed by atoms with E-state index in [4.69, 9.17) is 26.3 Å². The van der Waals surface area contributed by atoms with Gasteiger partial charge in [0.2, 0.25) is 6.19 Å². The lowest BCUT2D eigenvalue weighted by molar-refractivity contribution is 0.0964. The van der Waals surface area contributed by atoms with Crippen LogP contribution in [-0.2, 0) is 11.3 Å². The minimum absolute atomic E-state index is 0.194. The van der Waals surface area contributed by atoms with Crippen molar-refractivity contribution in [2.75, 3.05) is 13.7 Å². The van der Waals surface area contributed by atoms with Crippen molar-refractivity contribution in [3.05, 3.63) is 44.7 Å². The highest BCUT2D eigenvalue weighted by Crippen LogP contribution is 2.24. The first-order chi connectivity index (χ1) is 12.6. The summed E-state index contributed by atoms with van der Waals surface area (Å²) in [6, 6.07) is 5.16. The van der Waals surface area contributed by atoms with Crippen molar-refractivity contribution in [1.29, 1.82) is 5.26 Å². The predicted molar refractivity (Wildman–Crippen MR) is 102 cm³/mol. The number of nitrogens with zero attached hydrogens (tertiary/aromatic N) is 4. The number of hydrogen-bond acceptors (Lipinski definition) is 5. The van der Waals surface area contributed by atoms with E-state index in [2.05, 4.69) is 14.6 Å². The average molecular weight is 391 g/mol. The number of hydrogen-bond donors (Lipinski definition) is 0. The third-order valence-corrected chi connectivity index (χ3v) is 5.19. The van der Waals surface area contributed by atoms with Crippen molar-refractivity contribution >= 4 is 28.8 Å². The molecule has 1 fully saturated rings. The van der Waals surface area contributed by atoms with E-state index in [9.17, 15) is 0 Å². The largest absolute Gasteiger partial charge is 0.496 e. The minimum Gasteiger partial charge on any atom is -0.496 e. The second-order valence-electron chi connectivity index (χ2n) is 5.90. The summed E-state index contributed by atoms with van der Waals surface area (Å²) in [7, 11) is 1.56. The maximum absolute atomic E-state index is 9.12. The van der Waals surface area contributed by atoms with Crippen LogP contribution >= 0.6 is 22.9 Å². The number of thiazole rings is 1. The molecule has 6 nitrogen and oxygen atoms in total. The van der Waals surface area contributed by atoms with Gasteiger partial charge in [-0.2, -0.15) is 15.2 Å². The van der Waals surface area contributed by atoms with Crippen LogP contribution in [0.2, 0.25) is 5.02 Å². The first kappa shape index (κ1) is 18.6. The van der Waals surface area contributed by atoms with Gasteiger partial charge in [0.05, 0.1) is 25.3 Å². The Morgan fingerprint density at radius 3 is 3.08 bits per heavy atom. The van der Waals surface area contributed by atoms with Crippen LogP contribution in [0.1, 0.15) is 23.3 Å². The van der Waals surface area contributed by atoms with Crippen LogP contribution in [0.15, 0.2) is 34.4 Å². The van der Waals surface area contributed by atoms with E-state index in [1.807, 2.05) is 19.3 Å². The average Bonchev–Trinajstić information content (AvgIpc) is 3.24. The molecule has 26 heavy (non-hydrogen) atoms. The number of methoxy groups -OCH3 is 1. The van der Waals surface area contributed by atoms with Crippen molar-refractivity contribution < 1.29 is 9.47 Å². The van der Waals surface area contributed by atoms with E-state index in [0.29, 0.717) is 16.3 Å². The quantitative estimate of drug-likeness (QED) is 0.455. The zero-order valence-corrected chi connectivity index (χ0v) is 16.2. The number of halogens is 1. The Labute approximate surface area is 161 Å². The summed E-state index contributed by atoms with van der Waals surface area (Å²) < 4.78 is 13.2. The van der Waals surface area contributed by atoms with E-state index in [1.54, 1.807) is 36.6 Å². The van der Waals surface area contributed by atoms with Crippen LogP contribution in [0, 0.1) is 18.4 Å². The molecule has 1 aliphatic rings. The second kappa shape index (κ2) is 8.49. The van der Waals surface area contributed by atoms with Gasteiger partial charge in [0, 0.05) is 22.7 Å². The fourth-order valence-electron chi connectivity index (χ4n) is 2.87. The van der Waals surface area contributed by atoms with E-state index >= 15 is 0 Å². The Bertz CT molecular complexity index is 920. The molecule has 0 radical (unpaired) electrons. The molecule has 3 rings (SSSR count). The smallest absolute Gasteiger partial charge is 0.207 e. The van der Waals surface area contributed by atoms with E-state index < -0.39 is 0 Å². The maximum Gasteiger partial charge on any atom is 0.207 e. The van der Waals surface area contributed by atoms with Crippen LogP contribution in [-0.4, -0.2) is 30.2 Å². The Morgan fingerprint density at radius 2 is 2.38 bits per heavy atom. The number of aromatic nitrogens is 1. The van der Waals surface area contributed by atoms with Crippen LogP contribution < -0.4 is 9.54 Å². The van der Waals surface area contributed by atoms with Gasteiger partial charge >= 0.3 is 0 Å². The Kier molecular flexibility index (Phi) is 6.09. The van der Waals surface area contributed by atoms with Gasteiger partial charge in [0.25, 0.3) is 0 Å². The summed E-state index contributed by atoms with van der Waals surface area (Å²) in [5.74, 6) is 0.834. The summed E-state index contributed by atoms with van der Waals surface area (Å²) in [5, 5.41) is 9.64.